The molecular weight excluding hydrogens is 358 g/mol. The second-order valence-corrected chi connectivity index (χ2v) is 6.45. The minimum absolute atomic E-state index is 0.0817. The van der Waals surface area contributed by atoms with Crippen molar-refractivity contribution in [1.29, 1.82) is 0 Å². The van der Waals surface area contributed by atoms with Crippen molar-refractivity contribution in [1.82, 2.24) is 0 Å². The molecule has 0 saturated carbocycles. The van der Waals surface area contributed by atoms with E-state index >= 15 is 0 Å². The number of para-hydroxylation sites is 2. The Hall–Kier alpha value is -3.19. The number of quaternary nitrogens is 1. The number of methoxy groups -OCH3 is 1. The van der Waals surface area contributed by atoms with Gasteiger partial charge in [0.05, 0.1) is 25.4 Å². The van der Waals surface area contributed by atoms with Crippen LogP contribution < -0.4 is 15.5 Å². The fraction of sp³-hybridized carbons (Fsp3) is 0.286. The van der Waals surface area contributed by atoms with Crippen LogP contribution in [0.4, 0.5) is 11.4 Å². The van der Waals surface area contributed by atoms with E-state index in [2.05, 4.69) is 10.6 Å². The molecule has 0 fully saturated rings. The van der Waals surface area contributed by atoms with Gasteiger partial charge >= 0.3 is 5.97 Å². The minimum Gasteiger partial charge on any atom is -0.465 e. The Labute approximate surface area is 164 Å². The number of ether oxygens (including phenoxy) is 1. The van der Waals surface area contributed by atoms with Crippen LogP contribution in [0.15, 0.2) is 48.5 Å². The van der Waals surface area contributed by atoms with Gasteiger partial charge in [-0.15, -0.1) is 0 Å². The average molecular weight is 384 g/mol. The first-order valence-corrected chi connectivity index (χ1v) is 9.10. The van der Waals surface area contributed by atoms with Crippen LogP contribution in [-0.4, -0.2) is 45.0 Å². The van der Waals surface area contributed by atoms with E-state index in [4.69, 9.17) is 4.74 Å². The SMILES string of the molecule is CCc1ccccc1NC(=O)C[NH+](C)CC(=O)Nc1ccccc1C(=O)OC. The maximum atomic E-state index is 12.3. The second-order valence-electron chi connectivity index (χ2n) is 6.45. The van der Waals surface area contributed by atoms with E-state index in [1.807, 2.05) is 31.2 Å². The molecule has 3 N–H and O–H groups in total. The number of carbonyl (C=O) groups is 3. The van der Waals surface area contributed by atoms with Crippen LogP contribution in [0, 0.1) is 0 Å². The third-order valence-electron chi connectivity index (χ3n) is 4.20. The number of carbonyl (C=O) groups excluding carboxylic acids is 3. The van der Waals surface area contributed by atoms with Crippen LogP contribution in [0.5, 0.6) is 0 Å². The van der Waals surface area contributed by atoms with Gasteiger partial charge in [0.1, 0.15) is 0 Å². The van der Waals surface area contributed by atoms with E-state index in [9.17, 15) is 14.4 Å². The molecule has 2 aromatic rings. The predicted molar refractivity (Wildman–Crippen MR) is 107 cm³/mol. The van der Waals surface area contributed by atoms with E-state index in [0.29, 0.717) is 5.69 Å². The monoisotopic (exact) mass is 384 g/mol. The Bertz CT molecular complexity index is 851. The summed E-state index contributed by atoms with van der Waals surface area (Å²) >= 11 is 0. The van der Waals surface area contributed by atoms with Crippen molar-refractivity contribution in [3.63, 3.8) is 0 Å². The highest BCUT2D eigenvalue weighted by Gasteiger charge is 2.18. The molecule has 0 aromatic heterocycles. The standard InChI is InChI=1S/C21H25N3O4/c1-4-15-9-5-7-11-17(15)22-19(25)13-24(2)14-20(26)23-18-12-8-6-10-16(18)21(27)28-3/h5-12H,4,13-14H2,1-3H3,(H,22,25)(H,23,26)/p+1. The number of hydrogen-bond acceptors (Lipinski definition) is 4. The van der Waals surface area contributed by atoms with Gasteiger partial charge in [-0.1, -0.05) is 37.3 Å². The number of rotatable bonds is 8. The van der Waals surface area contributed by atoms with Gasteiger partial charge in [-0.2, -0.15) is 0 Å². The van der Waals surface area contributed by atoms with E-state index in [0.717, 1.165) is 22.6 Å². The third-order valence-corrected chi connectivity index (χ3v) is 4.20. The van der Waals surface area contributed by atoms with Crippen LogP contribution in [0.2, 0.25) is 0 Å². The number of aryl methyl sites for hydroxylation is 1. The van der Waals surface area contributed by atoms with Crippen LogP contribution in [0.3, 0.4) is 0 Å². The van der Waals surface area contributed by atoms with Crippen molar-refractivity contribution in [3.05, 3.63) is 59.7 Å². The lowest BCUT2D eigenvalue weighted by atomic mass is 10.1. The number of benzene rings is 2. The number of esters is 1. The highest BCUT2D eigenvalue weighted by molar-refractivity contribution is 6.01. The van der Waals surface area contributed by atoms with Crippen LogP contribution in [0.1, 0.15) is 22.8 Å². The van der Waals surface area contributed by atoms with E-state index in [1.54, 1.807) is 31.3 Å². The van der Waals surface area contributed by atoms with Crippen LogP contribution in [-0.2, 0) is 20.7 Å². The predicted octanol–water partition coefficient (Wildman–Crippen LogP) is 1.13. The third kappa shape index (κ3) is 5.92. The molecule has 148 valence electrons. The first kappa shape index (κ1) is 21.1. The highest BCUT2D eigenvalue weighted by Crippen LogP contribution is 2.16. The lowest BCUT2D eigenvalue weighted by Gasteiger charge is -2.15. The molecule has 1 unspecified atom stereocenters. The average Bonchev–Trinajstić information content (AvgIpc) is 2.67. The normalized spacial score (nSPS) is 11.4. The lowest BCUT2D eigenvalue weighted by Crippen LogP contribution is -3.11. The Morgan fingerprint density at radius 1 is 0.893 bits per heavy atom. The van der Waals surface area contributed by atoms with Gasteiger partial charge < -0.3 is 20.3 Å². The molecule has 2 aromatic carbocycles. The number of anilines is 2. The molecule has 28 heavy (non-hydrogen) atoms. The van der Waals surface area contributed by atoms with Gasteiger partial charge in [-0.05, 0) is 30.2 Å². The molecular formula is C21H26N3O4+. The van der Waals surface area contributed by atoms with Crippen molar-refractivity contribution in [2.45, 2.75) is 13.3 Å². The van der Waals surface area contributed by atoms with E-state index < -0.39 is 5.97 Å². The number of hydrogen-bond donors (Lipinski definition) is 3. The zero-order chi connectivity index (χ0) is 20.5. The van der Waals surface area contributed by atoms with Gasteiger partial charge in [0.15, 0.2) is 13.1 Å². The molecule has 0 radical (unpaired) electrons. The second kappa shape index (κ2) is 10.2. The van der Waals surface area contributed by atoms with Gasteiger partial charge in [-0.3, -0.25) is 9.59 Å². The summed E-state index contributed by atoms with van der Waals surface area (Å²) in [6.45, 7) is 2.25. The molecule has 0 bridgehead atoms. The van der Waals surface area contributed by atoms with Crippen molar-refractivity contribution in [3.8, 4) is 0 Å². The quantitative estimate of drug-likeness (QED) is 0.595. The molecule has 1 atom stereocenters. The maximum absolute atomic E-state index is 12.3. The van der Waals surface area contributed by atoms with Crippen molar-refractivity contribution < 1.29 is 24.0 Å². The molecule has 0 spiro atoms. The fourth-order valence-electron chi connectivity index (χ4n) is 2.83. The molecule has 0 heterocycles. The zero-order valence-corrected chi connectivity index (χ0v) is 16.4. The van der Waals surface area contributed by atoms with Crippen molar-refractivity contribution >= 4 is 29.2 Å². The van der Waals surface area contributed by atoms with Crippen molar-refractivity contribution in [2.75, 3.05) is 37.9 Å². The summed E-state index contributed by atoms with van der Waals surface area (Å²) in [6, 6.07) is 14.3. The van der Waals surface area contributed by atoms with Gasteiger partial charge in [-0.25, -0.2) is 4.79 Å². The molecule has 0 aliphatic heterocycles. The Morgan fingerprint density at radius 2 is 1.43 bits per heavy atom. The summed E-state index contributed by atoms with van der Waals surface area (Å²) < 4.78 is 4.72. The largest absolute Gasteiger partial charge is 0.465 e. The van der Waals surface area contributed by atoms with E-state index in [-0.39, 0.29) is 30.5 Å². The summed E-state index contributed by atoms with van der Waals surface area (Å²) in [7, 11) is 3.05. The summed E-state index contributed by atoms with van der Waals surface area (Å²) in [5.41, 5.74) is 2.52. The molecule has 2 rings (SSSR count). The summed E-state index contributed by atoms with van der Waals surface area (Å²) in [6.07, 6.45) is 0.821. The van der Waals surface area contributed by atoms with Gasteiger partial charge in [0.25, 0.3) is 11.8 Å². The fourth-order valence-corrected chi connectivity index (χ4v) is 2.83. The van der Waals surface area contributed by atoms with E-state index in [1.165, 1.54) is 7.11 Å². The zero-order valence-electron chi connectivity index (χ0n) is 16.4. The number of amides is 2. The molecule has 2 amide bonds. The van der Waals surface area contributed by atoms with Crippen LogP contribution in [0.25, 0.3) is 0 Å². The van der Waals surface area contributed by atoms with Gasteiger partial charge in [0.2, 0.25) is 0 Å². The minimum atomic E-state index is -0.523. The smallest absolute Gasteiger partial charge is 0.339 e. The van der Waals surface area contributed by atoms with Crippen LogP contribution >= 0.6 is 0 Å². The van der Waals surface area contributed by atoms with Gasteiger partial charge in [0, 0.05) is 5.69 Å². The first-order valence-electron chi connectivity index (χ1n) is 9.10. The number of nitrogens with one attached hydrogen (secondary N) is 3. The molecule has 0 aliphatic rings. The topological polar surface area (TPSA) is 88.9 Å². The molecule has 0 saturated heterocycles. The van der Waals surface area contributed by atoms with Crippen molar-refractivity contribution in [2.24, 2.45) is 0 Å². The lowest BCUT2D eigenvalue weighted by molar-refractivity contribution is -0.862. The molecule has 0 aliphatic carbocycles. The Kier molecular flexibility index (Phi) is 7.71. The summed E-state index contributed by atoms with van der Waals surface area (Å²) in [4.78, 5) is 37.1. The maximum Gasteiger partial charge on any atom is 0.339 e. The summed E-state index contributed by atoms with van der Waals surface area (Å²) in [5, 5.41) is 5.60. The Balaban J connectivity index is 1.91. The molecule has 7 heteroatoms. The highest BCUT2D eigenvalue weighted by atomic mass is 16.5. The molecule has 7 nitrogen and oxygen atoms in total. The first-order chi connectivity index (χ1) is 13.4. The number of likely N-dealkylation sites (N-methyl/N-ethyl adjacent to an activating group) is 1. The Morgan fingerprint density at radius 3 is 2.04 bits per heavy atom. The summed E-state index contributed by atoms with van der Waals surface area (Å²) in [5.74, 6) is -0.984.